The summed E-state index contributed by atoms with van der Waals surface area (Å²) in [6, 6.07) is 9.97. The smallest absolute Gasteiger partial charge is 0.181 e. The third-order valence-corrected chi connectivity index (χ3v) is 4.35. The molecule has 5 rings (SSSR count). The molecule has 2 N–H and O–H groups in total. The van der Waals surface area contributed by atoms with Gasteiger partial charge in [-0.05, 0) is 30.3 Å². The molecule has 0 aliphatic rings. The third kappa shape index (κ3) is 2.29. The van der Waals surface area contributed by atoms with E-state index in [4.69, 9.17) is 4.74 Å². The maximum Gasteiger partial charge on any atom is 0.181 e. The molecule has 126 valence electrons. The number of rotatable bonds is 3. The minimum Gasteiger partial charge on any atom is -0.495 e. The number of aromatic nitrogens is 6. The Morgan fingerprint density at radius 3 is 2.81 bits per heavy atom. The van der Waals surface area contributed by atoms with Gasteiger partial charge < -0.3 is 9.72 Å². The number of nitrogens with zero attached hydrogens (tertiary/aromatic N) is 4. The second kappa shape index (κ2) is 5.66. The monoisotopic (exact) mass is 342 g/mol. The number of nitrogens with one attached hydrogen (secondary N) is 2. The normalized spacial score (nSPS) is 11.3. The van der Waals surface area contributed by atoms with Crippen LogP contribution in [0.3, 0.4) is 0 Å². The number of ether oxygens (including phenoxy) is 1. The molecule has 7 heteroatoms. The quantitative estimate of drug-likeness (QED) is 0.523. The Balaban J connectivity index is 1.67. The van der Waals surface area contributed by atoms with Crippen molar-refractivity contribution in [3.05, 3.63) is 55.1 Å². The molecule has 7 nitrogen and oxygen atoms in total. The highest BCUT2D eigenvalue weighted by atomic mass is 16.5. The number of aromatic amines is 2. The predicted molar refractivity (Wildman–Crippen MR) is 98.8 cm³/mol. The van der Waals surface area contributed by atoms with Crippen LogP contribution >= 0.6 is 0 Å². The van der Waals surface area contributed by atoms with Crippen molar-refractivity contribution in [1.82, 2.24) is 30.1 Å². The van der Waals surface area contributed by atoms with Crippen molar-refractivity contribution in [3.8, 4) is 28.3 Å². The van der Waals surface area contributed by atoms with Crippen LogP contribution in [0.15, 0.2) is 55.1 Å². The molecule has 0 fully saturated rings. The molecule has 26 heavy (non-hydrogen) atoms. The lowest BCUT2D eigenvalue weighted by atomic mass is 10.1. The van der Waals surface area contributed by atoms with Gasteiger partial charge in [-0.2, -0.15) is 5.10 Å². The summed E-state index contributed by atoms with van der Waals surface area (Å²) >= 11 is 0. The third-order valence-electron chi connectivity index (χ3n) is 4.35. The van der Waals surface area contributed by atoms with Crippen LogP contribution < -0.4 is 4.74 Å². The highest BCUT2D eigenvalue weighted by molar-refractivity contribution is 5.95. The zero-order valence-corrected chi connectivity index (χ0v) is 13.9. The molecule has 5 heterocycles. The summed E-state index contributed by atoms with van der Waals surface area (Å²) in [5.41, 5.74) is 5.18. The van der Waals surface area contributed by atoms with E-state index in [1.54, 1.807) is 31.9 Å². The molecule has 0 unspecified atom stereocenters. The number of hydrogen-bond acceptors (Lipinski definition) is 5. The fourth-order valence-electron chi connectivity index (χ4n) is 3.04. The van der Waals surface area contributed by atoms with Crippen LogP contribution in [0.25, 0.3) is 44.6 Å². The van der Waals surface area contributed by atoms with Crippen molar-refractivity contribution in [2.75, 3.05) is 7.11 Å². The first-order valence-corrected chi connectivity index (χ1v) is 8.09. The van der Waals surface area contributed by atoms with Gasteiger partial charge in [-0.1, -0.05) is 0 Å². The van der Waals surface area contributed by atoms with Crippen LogP contribution in [0.1, 0.15) is 0 Å². The lowest BCUT2D eigenvalue weighted by Gasteiger charge is -2.04. The van der Waals surface area contributed by atoms with Crippen LogP contribution in [0.4, 0.5) is 0 Å². The lowest BCUT2D eigenvalue weighted by molar-refractivity contribution is 0.413. The molecule has 0 spiro atoms. The van der Waals surface area contributed by atoms with E-state index in [2.05, 4.69) is 42.3 Å². The first kappa shape index (κ1) is 14.6. The van der Waals surface area contributed by atoms with Gasteiger partial charge in [-0.3, -0.25) is 10.1 Å². The van der Waals surface area contributed by atoms with Crippen molar-refractivity contribution < 1.29 is 4.74 Å². The molecular weight excluding hydrogens is 328 g/mol. The summed E-state index contributed by atoms with van der Waals surface area (Å²) < 4.78 is 5.26. The predicted octanol–water partition coefficient (Wildman–Crippen LogP) is 3.57. The van der Waals surface area contributed by atoms with Crippen LogP contribution in [0.5, 0.6) is 5.75 Å². The topological polar surface area (TPSA) is 92.4 Å². The Morgan fingerprint density at radius 2 is 1.92 bits per heavy atom. The molecule has 0 radical (unpaired) electrons. The lowest BCUT2D eigenvalue weighted by Crippen LogP contribution is -1.87. The van der Waals surface area contributed by atoms with E-state index >= 15 is 0 Å². The molecule has 5 aromatic rings. The first-order chi connectivity index (χ1) is 12.8. The molecular formula is C19H14N6O. The number of methoxy groups -OCH3 is 1. The van der Waals surface area contributed by atoms with Crippen molar-refractivity contribution in [2.24, 2.45) is 0 Å². The average molecular weight is 342 g/mol. The first-order valence-electron chi connectivity index (χ1n) is 8.09. The van der Waals surface area contributed by atoms with E-state index in [0.29, 0.717) is 11.4 Å². The Kier molecular flexibility index (Phi) is 3.18. The SMILES string of the molecule is COc1cncc(-c2cnc3n[nH]c(-c4cc5cccnc5[nH]4)c3c2)c1. The molecule has 0 aliphatic heterocycles. The van der Waals surface area contributed by atoms with Gasteiger partial charge in [0.15, 0.2) is 5.65 Å². The van der Waals surface area contributed by atoms with Crippen molar-refractivity contribution in [3.63, 3.8) is 0 Å². The maximum absolute atomic E-state index is 5.26. The van der Waals surface area contributed by atoms with Crippen molar-refractivity contribution in [1.29, 1.82) is 0 Å². The summed E-state index contributed by atoms with van der Waals surface area (Å²) in [4.78, 5) is 16.4. The van der Waals surface area contributed by atoms with E-state index < -0.39 is 0 Å². The fourth-order valence-corrected chi connectivity index (χ4v) is 3.04. The zero-order chi connectivity index (χ0) is 17.5. The summed E-state index contributed by atoms with van der Waals surface area (Å²) in [6.45, 7) is 0. The van der Waals surface area contributed by atoms with E-state index in [1.807, 2.05) is 18.2 Å². The van der Waals surface area contributed by atoms with Crippen LogP contribution in [-0.2, 0) is 0 Å². The standard InChI is InChI=1S/C19H14N6O/c1-26-14-5-12(8-20-10-14)13-6-15-17(24-25-19(15)22-9-13)16-7-11-3-2-4-21-18(11)23-16/h2-10H,1H3,(H,21,23)(H,22,24,25). The summed E-state index contributed by atoms with van der Waals surface area (Å²) in [5.74, 6) is 0.705. The second-order valence-electron chi connectivity index (χ2n) is 5.93. The van der Waals surface area contributed by atoms with Crippen LogP contribution in [0.2, 0.25) is 0 Å². The number of pyridine rings is 3. The second-order valence-corrected chi connectivity index (χ2v) is 5.93. The van der Waals surface area contributed by atoms with Crippen LogP contribution in [-0.4, -0.2) is 37.2 Å². The van der Waals surface area contributed by atoms with Crippen LogP contribution in [0, 0.1) is 0 Å². The van der Waals surface area contributed by atoms with E-state index in [1.165, 1.54) is 0 Å². The molecule has 0 bridgehead atoms. The van der Waals surface area contributed by atoms with Gasteiger partial charge in [0.1, 0.15) is 11.4 Å². The molecule has 0 saturated heterocycles. The van der Waals surface area contributed by atoms with Gasteiger partial charge in [-0.15, -0.1) is 0 Å². The number of H-pyrrole nitrogens is 2. The fraction of sp³-hybridized carbons (Fsp3) is 0.0526. The minimum absolute atomic E-state index is 0.659. The van der Waals surface area contributed by atoms with Crippen molar-refractivity contribution >= 4 is 22.1 Å². The van der Waals surface area contributed by atoms with Gasteiger partial charge in [0.05, 0.1) is 24.7 Å². The summed E-state index contributed by atoms with van der Waals surface area (Å²) in [7, 11) is 1.63. The largest absolute Gasteiger partial charge is 0.495 e. The molecule has 0 amide bonds. The number of hydrogen-bond donors (Lipinski definition) is 2. The highest BCUT2D eigenvalue weighted by Crippen LogP contribution is 2.30. The zero-order valence-electron chi connectivity index (χ0n) is 13.9. The summed E-state index contributed by atoms with van der Waals surface area (Å²) in [5, 5.41) is 9.37. The highest BCUT2D eigenvalue weighted by Gasteiger charge is 2.13. The van der Waals surface area contributed by atoms with E-state index in [-0.39, 0.29) is 0 Å². The molecule has 0 atom stereocenters. The van der Waals surface area contributed by atoms with Crippen molar-refractivity contribution in [2.45, 2.75) is 0 Å². The Bertz CT molecular complexity index is 1210. The molecule has 0 aromatic carbocycles. The molecule has 0 aliphatic carbocycles. The van der Waals surface area contributed by atoms with E-state index in [0.717, 1.165) is 38.9 Å². The van der Waals surface area contributed by atoms with Gasteiger partial charge >= 0.3 is 0 Å². The minimum atomic E-state index is 0.659. The summed E-state index contributed by atoms with van der Waals surface area (Å²) in [6.07, 6.45) is 7.02. The molecule has 0 saturated carbocycles. The molecule has 5 aromatic heterocycles. The van der Waals surface area contributed by atoms with Gasteiger partial charge in [0.25, 0.3) is 0 Å². The van der Waals surface area contributed by atoms with E-state index in [9.17, 15) is 0 Å². The Morgan fingerprint density at radius 1 is 1.00 bits per heavy atom. The number of fused-ring (bicyclic) bond motifs is 2. The maximum atomic E-state index is 5.26. The van der Waals surface area contributed by atoms with Gasteiger partial charge in [0.2, 0.25) is 0 Å². The Labute approximate surface area is 148 Å². The average Bonchev–Trinajstić information content (AvgIpc) is 3.31. The Hall–Kier alpha value is -3.74. The van der Waals surface area contributed by atoms with Gasteiger partial charge in [0, 0.05) is 40.5 Å². The van der Waals surface area contributed by atoms with Gasteiger partial charge in [-0.25, -0.2) is 9.97 Å².